The second-order valence-corrected chi connectivity index (χ2v) is 16.6. The number of carbonyl (C=O) groups is 1. The summed E-state index contributed by atoms with van der Waals surface area (Å²) in [5.41, 5.74) is 3.76. The van der Waals surface area contributed by atoms with E-state index in [2.05, 4.69) is 25.1 Å². The van der Waals surface area contributed by atoms with Crippen molar-refractivity contribution >= 4 is 37.2 Å². The van der Waals surface area contributed by atoms with Crippen molar-refractivity contribution in [1.82, 2.24) is 10.4 Å². The number of hydrogen-bond donors (Lipinski definition) is 1. The Morgan fingerprint density at radius 2 is 2.06 bits per heavy atom. The van der Waals surface area contributed by atoms with Crippen LogP contribution in [0.4, 0.5) is 0 Å². The van der Waals surface area contributed by atoms with Crippen molar-refractivity contribution in [2.24, 2.45) is 0 Å². The van der Waals surface area contributed by atoms with Gasteiger partial charge in [-0.3, -0.25) is 9.63 Å². The second-order valence-electron chi connectivity index (χ2n) is 10.2. The number of hydroxylamine groups is 1. The molecule has 2 aliphatic heterocycles. The highest BCUT2D eigenvalue weighted by Gasteiger charge is 2.34. The summed E-state index contributed by atoms with van der Waals surface area (Å²) in [6.07, 6.45) is 4.11. The van der Waals surface area contributed by atoms with E-state index in [4.69, 9.17) is 42.3 Å². The average Bonchev–Trinajstić information content (AvgIpc) is 3.15. The van der Waals surface area contributed by atoms with Gasteiger partial charge in [-0.25, -0.2) is 0 Å². The van der Waals surface area contributed by atoms with Crippen LogP contribution in [0, 0.1) is 0 Å². The molecule has 10 heteroatoms. The normalized spacial score (nSPS) is 21.3. The van der Waals surface area contributed by atoms with Crippen molar-refractivity contribution in [2.75, 3.05) is 39.6 Å². The molecule has 1 amide bonds. The lowest BCUT2D eigenvalue weighted by atomic mass is 9.97. The third-order valence-electron chi connectivity index (χ3n) is 6.07. The zero-order valence-corrected chi connectivity index (χ0v) is 23.1. The minimum absolute atomic E-state index is 0.0736. The molecule has 1 aromatic rings. The van der Waals surface area contributed by atoms with E-state index in [0.29, 0.717) is 48.5 Å². The molecule has 1 aromatic carbocycles. The number of nitrogens with one attached hydrogen (secondary N) is 1. The highest BCUT2D eigenvalue weighted by atomic mass is 35.5. The fraction of sp³-hybridized carbons (Fsp3) is 0.708. The maximum atomic E-state index is 12.7. The topological polar surface area (TPSA) is 69.3 Å². The first-order valence-electron chi connectivity index (χ1n) is 12.2. The van der Waals surface area contributed by atoms with Crippen molar-refractivity contribution in [2.45, 2.75) is 70.0 Å². The van der Waals surface area contributed by atoms with E-state index in [0.717, 1.165) is 43.9 Å². The molecule has 0 aliphatic carbocycles. The van der Waals surface area contributed by atoms with Gasteiger partial charge in [0, 0.05) is 65.2 Å². The van der Waals surface area contributed by atoms with Crippen LogP contribution in [0.15, 0.2) is 12.1 Å². The van der Waals surface area contributed by atoms with Crippen molar-refractivity contribution in [3.8, 4) is 5.75 Å². The summed E-state index contributed by atoms with van der Waals surface area (Å²) in [4.78, 5) is 20.1. The van der Waals surface area contributed by atoms with E-state index >= 15 is 0 Å². The van der Waals surface area contributed by atoms with Crippen LogP contribution in [0.5, 0.6) is 5.75 Å². The zero-order chi connectivity index (χ0) is 24.6. The number of carbonyl (C=O) groups excluding carboxylic acids is 1. The summed E-state index contributed by atoms with van der Waals surface area (Å²) < 4.78 is 17.2. The highest BCUT2D eigenvalue weighted by molar-refractivity contribution is 6.76. The van der Waals surface area contributed by atoms with Gasteiger partial charge in [0.05, 0.1) is 10.0 Å². The molecule has 2 fully saturated rings. The van der Waals surface area contributed by atoms with Gasteiger partial charge in [0.15, 0.2) is 13.1 Å². The van der Waals surface area contributed by atoms with Gasteiger partial charge < -0.3 is 19.1 Å². The van der Waals surface area contributed by atoms with Crippen LogP contribution >= 0.6 is 23.2 Å². The van der Waals surface area contributed by atoms with Gasteiger partial charge in [0.25, 0.3) is 0 Å². The molecular weight excluding hydrogens is 495 g/mol. The van der Waals surface area contributed by atoms with Gasteiger partial charge >= 0.3 is 0 Å². The quantitative estimate of drug-likeness (QED) is 0.158. The van der Waals surface area contributed by atoms with E-state index in [-0.39, 0.29) is 24.9 Å². The number of halogens is 2. The van der Waals surface area contributed by atoms with Crippen LogP contribution in [-0.2, 0) is 19.1 Å². The standard InChI is InChI=1S/C24H38Cl2N2O5Si/c1-34(2,3)14-13-30-17-32-20-9-8-19(25)24(26)23(20)18-15-21(29)28(16-18)11-6-10-27-33-22-7-4-5-12-31-22/h8-9,18,22,27H,4-7,10-17H2,1-3H3. The second kappa shape index (κ2) is 13.4. The average molecular weight is 534 g/mol. The maximum absolute atomic E-state index is 12.7. The van der Waals surface area contributed by atoms with Crippen LogP contribution < -0.4 is 10.2 Å². The van der Waals surface area contributed by atoms with E-state index in [9.17, 15) is 4.79 Å². The first-order chi connectivity index (χ1) is 16.2. The summed E-state index contributed by atoms with van der Waals surface area (Å²) in [5.74, 6) is 0.662. The van der Waals surface area contributed by atoms with Gasteiger partial charge in [0.2, 0.25) is 5.91 Å². The molecule has 0 saturated carbocycles. The van der Waals surface area contributed by atoms with Gasteiger partial charge in [-0.05, 0) is 37.4 Å². The Kier molecular flexibility index (Phi) is 11.0. The molecular formula is C24H38Cl2N2O5Si. The molecule has 0 aromatic heterocycles. The molecule has 192 valence electrons. The third-order valence-corrected chi connectivity index (χ3v) is 8.59. The van der Waals surface area contributed by atoms with E-state index in [1.54, 1.807) is 6.07 Å². The summed E-state index contributed by atoms with van der Waals surface area (Å²) in [7, 11) is -1.16. The molecule has 2 unspecified atom stereocenters. The Bertz CT molecular complexity index is 802. The van der Waals surface area contributed by atoms with Crippen LogP contribution in [0.2, 0.25) is 35.7 Å². The Labute approximate surface area is 214 Å². The predicted octanol–water partition coefficient (Wildman–Crippen LogP) is 5.44. The van der Waals surface area contributed by atoms with Gasteiger partial charge in [-0.1, -0.05) is 42.8 Å². The van der Waals surface area contributed by atoms with Crippen LogP contribution in [-0.4, -0.2) is 64.8 Å². The van der Waals surface area contributed by atoms with Crippen molar-refractivity contribution in [1.29, 1.82) is 0 Å². The first kappa shape index (κ1) is 27.7. The van der Waals surface area contributed by atoms with Gasteiger partial charge in [0.1, 0.15) is 5.75 Å². The number of rotatable bonds is 13. The molecule has 0 bridgehead atoms. The monoisotopic (exact) mass is 532 g/mol. The molecule has 7 nitrogen and oxygen atoms in total. The Hall–Kier alpha value is -0.873. The van der Waals surface area contributed by atoms with Crippen LogP contribution in [0.3, 0.4) is 0 Å². The first-order valence-corrected chi connectivity index (χ1v) is 16.7. The van der Waals surface area contributed by atoms with E-state index in [1.807, 2.05) is 11.0 Å². The maximum Gasteiger partial charge on any atom is 0.223 e. The number of ether oxygens (including phenoxy) is 3. The number of likely N-dealkylation sites (tertiary alicyclic amines) is 1. The molecule has 0 radical (unpaired) electrons. The molecule has 0 spiro atoms. The molecule has 2 aliphatic rings. The van der Waals surface area contributed by atoms with E-state index in [1.165, 1.54) is 0 Å². The summed E-state index contributed by atoms with van der Waals surface area (Å²) in [5, 5.41) is 0.907. The minimum atomic E-state index is -1.16. The third kappa shape index (κ3) is 8.66. The zero-order valence-electron chi connectivity index (χ0n) is 20.5. The van der Waals surface area contributed by atoms with Crippen molar-refractivity contribution in [3.63, 3.8) is 0 Å². The fourth-order valence-corrected chi connectivity index (χ4v) is 5.31. The van der Waals surface area contributed by atoms with Crippen LogP contribution in [0.25, 0.3) is 0 Å². The highest BCUT2D eigenvalue weighted by Crippen LogP contribution is 2.42. The molecule has 1 N–H and O–H groups in total. The number of amides is 1. The molecule has 2 heterocycles. The number of nitrogens with zero attached hydrogens (tertiary/aromatic N) is 1. The number of hydrogen-bond acceptors (Lipinski definition) is 6. The van der Waals surface area contributed by atoms with Crippen molar-refractivity contribution in [3.05, 3.63) is 27.7 Å². The lowest BCUT2D eigenvalue weighted by Crippen LogP contribution is -2.32. The summed E-state index contributed by atoms with van der Waals surface area (Å²) >= 11 is 12.9. The molecule has 2 atom stereocenters. The Balaban J connectivity index is 1.48. The minimum Gasteiger partial charge on any atom is -0.467 e. The Morgan fingerprint density at radius 1 is 1.24 bits per heavy atom. The lowest BCUT2D eigenvalue weighted by Gasteiger charge is -2.23. The predicted molar refractivity (Wildman–Crippen MR) is 137 cm³/mol. The Morgan fingerprint density at radius 3 is 2.79 bits per heavy atom. The smallest absolute Gasteiger partial charge is 0.223 e. The largest absolute Gasteiger partial charge is 0.467 e. The molecule has 34 heavy (non-hydrogen) atoms. The number of benzene rings is 1. The molecule has 2 saturated heterocycles. The SMILES string of the molecule is C[Si](C)(C)CCOCOc1ccc(Cl)c(Cl)c1C1CC(=O)N(CCCNOC2CCCCO2)C1. The summed E-state index contributed by atoms with van der Waals surface area (Å²) in [6.45, 7) is 10.4. The van der Waals surface area contributed by atoms with Gasteiger partial charge in [-0.15, -0.1) is 0 Å². The van der Waals surface area contributed by atoms with E-state index < -0.39 is 8.07 Å². The molecule has 3 rings (SSSR count). The lowest BCUT2D eigenvalue weighted by molar-refractivity contribution is -0.196. The van der Waals surface area contributed by atoms with Crippen molar-refractivity contribution < 1.29 is 23.8 Å². The van der Waals surface area contributed by atoms with Crippen LogP contribution in [0.1, 0.15) is 43.6 Å². The fourth-order valence-electron chi connectivity index (χ4n) is 4.08. The summed E-state index contributed by atoms with van der Waals surface area (Å²) in [6, 6.07) is 4.61. The van der Waals surface area contributed by atoms with Gasteiger partial charge in [-0.2, -0.15) is 5.48 Å².